The lowest BCUT2D eigenvalue weighted by molar-refractivity contribution is 0.0600. The Balaban J connectivity index is 1.63. The number of hydrogen-bond acceptors (Lipinski definition) is 5. The second-order valence-electron chi connectivity index (χ2n) is 5.61. The molecule has 0 aliphatic carbocycles. The average molecular weight is 417 g/mol. The summed E-state index contributed by atoms with van der Waals surface area (Å²) in [7, 11) is 1.32. The Kier molecular flexibility index (Phi) is 6.08. The minimum Gasteiger partial charge on any atom is -0.465 e. The minimum atomic E-state index is -0.457. The zero-order chi connectivity index (χ0) is 20.1. The van der Waals surface area contributed by atoms with E-state index in [2.05, 4.69) is 25.5 Å². The Morgan fingerprint density at radius 2 is 1.86 bits per heavy atom. The molecule has 142 valence electrons. The van der Waals surface area contributed by atoms with Gasteiger partial charge in [-0.2, -0.15) is 10.2 Å². The predicted octanol–water partition coefficient (Wildman–Crippen LogP) is 3.93. The number of H-pyrrole nitrogens is 1. The van der Waals surface area contributed by atoms with Crippen LogP contribution in [0.15, 0.2) is 53.6 Å². The number of hydrazone groups is 1. The van der Waals surface area contributed by atoms with Crippen molar-refractivity contribution in [2.75, 3.05) is 7.11 Å². The molecule has 0 aliphatic heterocycles. The first-order valence-corrected chi connectivity index (χ1v) is 8.76. The lowest BCUT2D eigenvalue weighted by atomic mass is 10.1. The van der Waals surface area contributed by atoms with Gasteiger partial charge in [-0.25, -0.2) is 10.2 Å². The summed E-state index contributed by atoms with van der Waals surface area (Å²) >= 11 is 11.9. The van der Waals surface area contributed by atoms with Gasteiger partial charge in [0.1, 0.15) is 5.69 Å². The summed E-state index contributed by atoms with van der Waals surface area (Å²) in [5.41, 5.74) is 5.04. The maximum absolute atomic E-state index is 12.2. The van der Waals surface area contributed by atoms with Crippen LogP contribution in [-0.4, -0.2) is 35.4 Å². The average Bonchev–Trinajstić information content (AvgIpc) is 3.20. The molecule has 0 unspecified atom stereocenters. The number of carbonyl (C=O) groups is 2. The zero-order valence-electron chi connectivity index (χ0n) is 14.6. The van der Waals surface area contributed by atoms with Gasteiger partial charge in [0.2, 0.25) is 0 Å². The van der Waals surface area contributed by atoms with Crippen LogP contribution in [0.5, 0.6) is 0 Å². The number of amides is 1. The molecule has 1 aromatic heterocycles. The molecule has 0 radical (unpaired) electrons. The number of carbonyl (C=O) groups excluding carboxylic acids is 2. The van der Waals surface area contributed by atoms with Gasteiger partial charge in [0.05, 0.1) is 34.6 Å². The van der Waals surface area contributed by atoms with Crippen molar-refractivity contribution in [1.29, 1.82) is 0 Å². The highest BCUT2D eigenvalue weighted by atomic mass is 35.5. The zero-order valence-corrected chi connectivity index (χ0v) is 16.1. The molecular formula is C19H14Cl2N4O3. The smallest absolute Gasteiger partial charge is 0.337 e. The number of aromatic nitrogens is 2. The van der Waals surface area contributed by atoms with Gasteiger partial charge in [0.15, 0.2) is 0 Å². The molecule has 2 aromatic carbocycles. The Hall–Kier alpha value is -3.16. The summed E-state index contributed by atoms with van der Waals surface area (Å²) in [4.78, 5) is 23.6. The number of benzene rings is 2. The van der Waals surface area contributed by atoms with E-state index in [0.29, 0.717) is 26.9 Å². The van der Waals surface area contributed by atoms with Gasteiger partial charge in [0, 0.05) is 5.56 Å². The highest BCUT2D eigenvalue weighted by molar-refractivity contribution is 6.42. The Morgan fingerprint density at radius 1 is 1.11 bits per heavy atom. The largest absolute Gasteiger partial charge is 0.465 e. The first-order chi connectivity index (χ1) is 13.5. The maximum atomic E-state index is 12.2. The van der Waals surface area contributed by atoms with E-state index in [1.165, 1.54) is 13.3 Å². The number of hydrogen-bond donors (Lipinski definition) is 2. The van der Waals surface area contributed by atoms with Crippen molar-refractivity contribution >= 4 is 41.3 Å². The van der Waals surface area contributed by atoms with Crippen LogP contribution in [0.2, 0.25) is 10.0 Å². The summed E-state index contributed by atoms with van der Waals surface area (Å²) < 4.78 is 4.63. The number of ether oxygens (including phenoxy) is 1. The van der Waals surface area contributed by atoms with Crippen LogP contribution < -0.4 is 5.43 Å². The van der Waals surface area contributed by atoms with Crippen molar-refractivity contribution in [3.8, 4) is 11.3 Å². The molecule has 0 fully saturated rings. The van der Waals surface area contributed by atoms with E-state index < -0.39 is 11.9 Å². The normalized spacial score (nSPS) is 10.8. The summed E-state index contributed by atoms with van der Waals surface area (Å²) in [6.07, 6.45) is 1.45. The molecule has 0 saturated heterocycles. The van der Waals surface area contributed by atoms with Crippen molar-refractivity contribution in [1.82, 2.24) is 15.6 Å². The summed E-state index contributed by atoms with van der Waals surface area (Å²) in [5, 5.41) is 11.5. The fourth-order valence-corrected chi connectivity index (χ4v) is 2.59. The molecule has 3 aromatic rings. The standard InChI is InChI=1S/C19H14Cl2N4O3/c1-28-19(27)12-4-2-11(3-5-12)10-22-25-18(26)17-9-16(23-24-17)13-6-7-14(20)15(21)8-13/h2-10H,1H3,(H,23,24)(H,25,26)/b22-10-. The molecule has 2 N–H and O–H groups in total. The van der Waals surface area contributed by atoms with E-state index in [0.717, 1.165) is 5.56 Å². The molecule has 1 amide bonds. The molecule has 3 rings (SSSR count). The Labute approximate surface area is 170 Å². The van der Waals surface area contributed by atoms with Crippen LogP contribution in [-0.2, 0) is 4.74 Å². The van der Waals surface area contributed by atoms with Crippen LogP contribution in [0.4, 0.5) is 0 Å². The molecule has 0 saturated carbocycles. The number of halogens is 2. The van der Waals surface area contributed by atoms with E-state index >= 15 is 0 Å². The fraction of sp³-hybridized carbons (Fsp3) is 0.0526. The third kappa shape index (κ3) is 4.57. The molecule has 7 nitrogen and oxygen atoms in total. The number of nitrogens with zero attached hydrogens (tertiary/aromatic N) is 2. The highest BCUT2D eigenvalue weighted by Gasteiger charge is 2.11. The maximum Gasteiger partial charge on any atom is 0.337 e. The summed E-state index contributed by atoms with van der Waals surface area (Å²) in [6, 6.07) is 13.2. The molecule has 28 heavy (non-hydrogen) atoms. The third-order valence-corrected chi connectivity index (χ3v) is 4.49. The number of aromatic amines is 1. The molecule has 0 atom stereocenters. The van der Waals surface area contributed by atoms with Gasteiger partial charge in [0.25, 0.3) is 5.91 Å². The van der Waals surface area contributed by atoms with Crippen molar-refractivity contribution in [3.05, 3.63) is 75.4 Å². The van der Waals surface area contributed by atoms with E-state index in [1.54, 1.807) is 48.5 Å². The van der Waals surface area contributed by atoms with Crippen molar-refractivity contribution in [2.24, 2.45) is 5.10 Å². The number of rotatable bonds is 5. The van der Waals surface area contributed by atoms with Crippen LogP contribution in [0, 0.1) is 0 Å². The van der Waals surface area contributed by atoms with E-state index in [1.807, 2.05) is 0 Å². The van der Waals surface area contributed by atoms with Crippen LogP contribution in [0.25, 0.3) is 11.3 Å². The predicted molar refractivity (Wildman–Crippen MR) is 107 cm³/mol. The number of esters is 1. The molecule has 1 heterocycles. The summed E-state index contributed by atoms with van der Waals surface area (Å²) in [6.45, 7) is 0. The van der Waals surface area contributed by atoms with Gasteiger partial charge in [-0.15, -0.1) is 0 Å². The quantitative estimate of drug-likeness (QED) is 0.374. The summed E-state index contributed by atoms with van der Waals surface area (Å²) in [5.74, 6) is -0.880. The van der Waals surface area contributed by atoms with Crippen LogP contribution >= 0.6 is 23.2 Å². The van der Waals surface area contributed by atoms with Crippen molar-refractivity contribution < 1.29 is 14.3 Å². The van der Waals surface area contributed by atoms with Gasteiger partial charge >= 0.3 is 5.97 Å². The first-order valence-electron chi connectivity index (χ1n) is 8.00. The van der Waals surface area contributed by atoms with Crippen LogP contribution in [0.1, 0.15) is 26.4 Å². The second kappa shape index (κ2) is 8.69. The fourth-order valence-electron chi connectivity index (χ4n) is 2.29. The highest BCUT2D eigenvalue weighted by Crippen LogP contribution is 2.27. The lowest BCUT2D eigenvalue weighted by Gasteiger charge is -1.99. The molecule has 0 aliphatic rings. The third-order valence-electron chi connectivity index (χ3n) is 3.75. The SMILES string of the molecule is COC(=O)c1ccc(/C=N\NC(=O)c2cc(-c3ccc(Cl)c(Cl)c3)n[nH]2)cc1. The first kappa shape index (κ1) is 19.6. The van der Waals surface area contributed by atoms with Gasteiger partial charge in [-0.3, -0.25) is 9.89 Å². The molecular weight excluding hydrogens is 403 g/mol. The van der Waals surface area contributed by atoms with Gasteiger partial charge < -0.3 is 4.74 Å². The number of nitrogens with one attached hydrogen (secondary N) is 2. The molecule has 0 bridgehead atoms. The Morgan fingerprint density at radius 3 is 2.54 bits per heavy atom. The lowest BCUT2D eigenvalue weighted by Crippen LogP contribution is -2.18. The monoisotopic (exact) mass is 416 g/mol. The minimum absolute atomic E-state index is 0.235. The Bertz CT molecular complexity index is 1050. The van der Waals surface area contributed by atoms with Crippen LogP contribution in [0.3, 0.4) is 0 Å². The second-order valence-corrected chi connectivity index (χ2v) is 6.42. The van der Waals surface area contributed by atoms with Crippen molar-refractivity contribution in [2.45, 2.75) is 0 Å². The number of methoxy groups -OCH3 is 1. The topological polar surface area (TPSA) is 96.4 Å². The van der Waals surface area contributed by atoms with Gasteiger partial charge in [-0.1, -0.05) is 41.4 Å². The van der Waals surface area contributed by atoms with E-state index in [-0.39, 0.29) is 5.69 Å². The van der Waals surface area contributed by atoms with Gasteiger partial charge in [-0.05, 0) is 35.9 Å². The van der Waals surface area contributed by atoms with Crippen molar-refractivity contribution in [3.63, 3.8) is 0 Å². The van der Waals surface area contributed by atoms with E-state index in [4.69, 9.17) is 23.2 Å². The molecule has 0 spiro atoms. The molecule has 9 heteroatoms. The van der Waals surface area contributed by atoms with E-state index in [9.17, 15) is 9.59 Å².